The maximum Gasteiger partial charge on any atom is 0.121 e. The van der Waals surface area contributed by atoms with Gasteiger partial charge in [-0.3, -0.25) is 0 Å². The Morgan fingerprint density at radius 3 is 2.93 bits per heavy atom. The highest BCUT2D eigenvalue weighted by Gasteiger charge is 2.05. The molecular weight excluding hydrogens is 327 g/mol. The second-order valence-corrected chi connectivity index (χ2v) is 6.27. The van der Waals surface area contributed by atoms with Gasteiger partial charge in [0.25, 0.3) is 0 Å². The first-order valence-corrected chi connectivity index (χ1v) is 6.60. The summed E-state index contributed by atoms with van der Waals surface area (Å²) in [5, 5.41) is 1.22. The highest BCUT2D eigenvalue weighted by Crippen LogP contribution is 2.34. The number of hydrogen-bond acceptors (Lipinski definition) is 3. The molecule has 14 heavy (non-hydrogen) atoms. The molecule has 0 bridgehead atoms. The Bertz CT molecular complexity index is 464. The summed E-state index contributed by atoms with van der Waals surface area (Å²) < 4.78 is 7.97. The van der Waals surface area contributed by atoms with Crippen LogP contribution in [-0.4, -0.2) is 6.61 Å². The summed E-state index contributed by atoms with van der Waals surface area (Å²) in [6.07, 6.45) is 0. The second-order valence-electron chi connectivity index (χ2n) is 2.84. The molecule has 0 aliphatic heterocycles. The minimum Gasteiger partial charge on any atom is -0.494 e. The van der Waals surface area contributed by atoms with Crippen LogP contribution in [0, 0.1) is 2.88 Å². The van der Waals surface area contributed by atoms with Crippen LogP contribution < -0.4 is 4.74 Å². The number of benzene rings is 1. The van der Waals surface area contributed by atoms with E-state index in [-0.39, 0.29) is 0 Å². The Hall–Kier alpha value is 0.0600. The maximum absolute atomic E-state index is 5.46. The fourth-order valence-electron chi connectivity index (χ4n) is 1.33. The largest absolute Gasteiger partial charge is 0.494 e. The molecule has 1 aromatic heterocycles. The summed E-state index contributed by atoms with van der Waals surface area (Å²) in [7, 11) is 0. The van der Waals surface area contributed by atoms with Crippen molar-refractivity contribution in [2.75, 3.05) is 6.61 Å². The van der Waals surface area contributed by atoms with Gasteiger partial charge >= 0.3 is 0 Å². The molecular formula is C10H9IOS2. The molecule has 0 saturated carbocycles. The molecule has 0 N–H and O–H groups in total. The van der Waals surface area contributed by atoms with Crippen molar-refractivity contribution >= 4 is 56.6 Å². The highest BCUT2D eigenvalue weighted by atomic mass is 127. The smallest absolute Gasteiger partial charge is 0.121 e. The molecule has 74 valence electrons. The van der Waals surface area contributed by atoms with Crippen molar-refractivity contribution in [3.63, 3.8) is 0 Å². The Morgan fingerprint density at radius 2 is 2.21 bits per heavy atom. The van der Waals surface area contributed by atoms with Crippen molar-refractivity contribution in [1.29, 1.82) is 0 Å². The van der Waals surface area contributed by atoms with E-state index in [1.54, 1.807) is 11.3 Å². The molecule has 0 saturated heterocycles. The normalized spacial score (nSPS) is 10.8. The average Bonchev–Trinajstić information content (AvgIpc) is 2.47. The van der Waals surface area contributed by atoms with Crippen LogP contribution in [-0.2, 0) is 0 Å². The van der Waals surface area contributed by atoms with E-state index in [2.05, 4.69) is 47.4 Å². The molecule has 1 heterocycles. The first-order valence-electron chi connectivity index (χ1n) is 4.25. The Balaban J connectivity index is 2.59. The number of halogens is 1. The zero-order valence-corrected chi connectivity index (χ0v) is 11.4. The predicted octanol–water partition coefficient (Wildman–Crippen LogP) is 4.19. The fourth-order valence-corrected chi connectivity index (χ4v) is 3.50. The lowest BCUT2D eigenvalue weighted by Gasteiger charge is -2.03. The van der Waals surface area contributed by atoms with Crippen molar-refractivity contribution < 1.29 is 4.74 Å². The fraction of sp³-hybridized carbons (Fsp3) is 0.200. The van der Waals surface area contributed by atoms with Gasteiger partial charge in [-0.25, -0.2) is 0 Å². The van der Waals surface area contributed by atoms with Crippen LogP contribution in [0.25, 0.3) is 10.1 Å². The van der Waals surface area contributed by atoms with E-state index in [0.717, 1.165) is 10.6 Å². The summed E-state index contributed by atoms with van der Waals surface area (Å²) >= 11 is 8.54. The van der Waals surface area contributed by atoms with Crippen LogP contribution in [0.3, 0.4) is 0 Å². The third-order valence-electron chi connectivity index (χ3n) is 1.85. The van der Waals surface area contributed by atoms with E-state index in [4.69, 9.17) is 4.74 Å². The molecule has 0 fully saturated rings. The highest BCUT2D eigenvalue weighted by molar-refractivity contribution is 14.1. The Kier molecular flexibility index (Phi) is 3.23. The number of fused-ring (bicyclic) bond motifs is 1. The summed E-state index contributed by atoms with van der Waals surface area (Å²) in [6.45, 7) is 2.68. The van der Waals surface area contributed by atoms with Crippen molar-refractivity contribution in [1.82, 2.24) is 0 Å². The molecule has 0 aliphatic rings. The minimum absolute atomic E-state index is 0.694. The topological polar surface area (TPSA) is 9.23 Å². The number of hydrogen-bond donors (Lipinski definition) is 1. The lowest BCUT2D eigenvalue weighted by atomic mass is 10.2. The van der Waals surface area contributed by atoms with Gasteiger partial charge in [0.15, 0.2) is 0 Å². The third kappa shape index (κ3) is 2.01. The molecule has 2 rings (SSSR count). The predicted molar refractivity (Wildman–Crippen MR) is 73.0 cm³/mol. The maximum atomic E-state index is 5.46. The molecule has 0 atom stereocenters. The van der Waals surface area contributed by atoms with Crippen molar-refractivity contribution in [2.45, 2.75) is 11.8 Å². The molecule has 0 radical (unpaired) electrons. The SMILES string of the molecule is CCOc1cc(S)c2sc(I)cc2c1. The van der Waals surface area contributed by atoms with E-state index < -0.39 is 0 Å². The van der Waals surface area contributed by atoms with Gasteiger partial charge < -0.3 is 4.74 Å². The van der Waals surface area contributed by atoms with Crippen LogP contribution >= 0.6 is 46.6 Å². The van der Waals surface area contributed by atoms with Crippen LogP contribution in [0.15, 0.2) is 23.1 Å². The van der Waals surface area contributed by atoms with E-state index in [1.807, 2.05) is 13.0 Å². The Morgan fingerprint density at radius 1 is 1.43 bits per heavy atom. The van der Waals surface area contributed by atoms with E-state index in [0.29, 0.717) is 6.61 Å². The number of thiophene rings is 1. The van der Waals surface area contributed by atoms with Crippen LogP contribution in [0.1, 0.15) is 6.92 Å². The zero-order chi connectivity index (χ0) is 10.1. The lowest BCUT2D eigenvalue weighted by Crippen LogP contribution is -1.90. The quantitative estimate of drug-likeness (QED) is 0.639. The molecule has 0 spiro atoms. The molecule has 1 nitrogen and oxygen atoms in total. The standard InChI is InChI=1S/C10H9IOS2/c1-2-12-7-3-6-4-9(11)14-10(6)8(13)5-7/h3-5,13H,2H2,1H3. The number of thiol groups is 1. The van der Waals surface area contributed by atoms with Crippen LogP contribution in [0.2, 0.25) is 0 Å². The first-order chi connectivity index (χ1) is 6.70. The van der Waals surface area contributed by atoms with Crippen molar-refractivity contribution in [3.05, 3.63) is 21.1 Å². The zero-order valence-electron chi connectivity index (χ0n) is 7.58. The van der Waals surface area contributed by atoms with Crippen LogP contribution in [0.4, 0.5) is 0 Å². The van der Waals surface area contributed by atoms with E-state index >= 15 is 0 Å². The van der Waals surface area contributed by atoms with Gasteiger partial charge in [-0.1, -0.05) is 0 Å². The molecule has 2 aromatic rings. The molecule has 0 unspecified atom stereocenters. The second kappa shape index (κ2) is 4.28. The Labute approximate surface area is 106 Å². The average molecular weight is 336 g/mol. The lowest BCUT2D eigenvalue weighted by molar-refractivity contribution is 0.340. The third-order valence-corrected chi connectivity index (χ3v) is 4.30. The summed E-state index contributed by atoms with van der Waals surface area (Å²) in [4.78, 5) is 0.999. The number of ether oxygens (including phenoxy) is 1. The molecule has 0 aliphatic carbocycles. The summed E-state index contributed by atoms with van der Waals surface area (Å²) in [6, 6.07) is 6.20. The minimum atomic E-state index is 0.694. The van der Waals surface area contributed by atoms with Gasteiger partial charge in [-0.2, -0.15) is 0 Å². The van der Waals surface area contributed by atoms with Gasteiger partial charge in [0, 0.05) is 9.60 Å². The van der Waals surface area contributed by atoms with Crippen LogP contribution in [0.5, 0.6) is 5.75 Å². The monoisotopic (exact) mass is 336 g/mol. The molecule has 4 heteroatoms. The van der Waals surface area contributed by atoms with Crippen molar-refractivity contribution in [3.8, 4) is 5.75 Å². The molecule has 0 amide bonds. The van der Waals surface area contributed by atoms with Crippen molar-refractivity contribution in [2.24, 2.45) is 0 Å². The first kappa shape index (κ1) is 10.6. The molecule has 1 aromatic carbocycles. The van der Waals surface area contributed by atoms with Gasteiger partial charge in [0.2, 0.25) is 0 Å². The summed E-state index contributed by atoms with van der Waals surface area (Å²) in [5.41, 5.74) is 0. The summed E-state index contributed by atoms with van der Waals surface area (Å²) in [5.74, 6) is 0.902. The van der Waals surface area contributed by atoms with Gasteiger partial charge in [0.05, 0.1) is 9.49 Å². The van der Waals surface area contributed by atoms with Gasteiger partial charge in [-0.05, 0) is 53.1 Å². The van der Waals surface area contributed by atoms with Gasteiger partial charge in [-0.15, -0.1) is 24.0 Å². The number of rotatable bonds is 2. The van der Waals surface area contributed by atoms with E-state index in [1.165, 1.54) is 13.0 Å². The van der Waals surface area contributed by atoms with E-state index in [9.17, 15) is 0 Å². The van der Waals surface area contributed by atoms with Gasteiger partial charge in [0.1, 0.15) is 5.75 Å².